The van der Waals surface area contributed by atoms with Gasteiger partial charge in [0, 0.05) is 19.5 Å². The molecule has 0 N–H and O–H groups in total. The maximum Gasteiger partial charge on any atom is 0.232 e. The number of para-hydroxylation sites is 2. The summed E-state index contributed by atoms with van der Waals surface area (Å²) in [7, 11) is 1.59. The lowest BCUT2D eigenvalue weighted by Crippen LogP contribution is -2.41. The number of rotatable bonds is 3. The van der Waals surface area contributed by atoms with Crippen molar-refractivity contribution in [3.63, 3.8) is 0 Å². The van der Waals surface area contributed by atoms with E-state index in [2.05, 4.69) is 0 Å². The van der Waals surface area contributed by atoms with Gasteiger partial charge in [0.2, 0.25) is 11.8 Å². The van der Waals surface area contributed by atoms with Crippen molar-refractivity contribution >= 4 is 23.2 Å². The molecule has 1 fully saturated rings. The van der Waals surface area contributed by atoms with E-state index in [9.17, 15) is 14.0 Å². The highest BCUT2D eigenvalue weighted by Gasteiger charge is 2.39. The molecule has 2 aliphatic heterocycles. The Labute approximate surface area is 157 Å². The van der Waals surface area contributed by atoms with Gasteiger partial charge in [-0.2, -0.15) is 0 Å². The highest BCUT2D eigenvalue weighted by atomic mass is 19.1. The molecule has 0 unspecified atom stereocenters. The third kappa shape index (κ3) is 3.05. The van der Waals surface area contributed by atoms with Crippen molar-refractivity contribution in [1.29, 1.82) is 0 Å². The fraction of sp³-hybridized carbons (Fsp3) is 0.333. The van der Waals surface area contributed by atoms with Gasteiger partial charge in [-0.15, -0.1) is 0 Å². The number of carbonyl (C=O) groups is 2. The first-order valence-corrected chi connectivity index (χ1v) is 9.12. The lowest BCUT2D eigenvalue weighted by Gasteiger charge is -2.32. The van der Waals surface area contributed by atoms with Crippen LogP contribution in [0.3, 0.4) is 0 Å². The second-order valence-electron chi connectivity index (χ2n) is 6.92. The molecule has 27 heavy (non-hydrogen) atoms. The second kappa shape index (κ2) is 7.02. The van der Waals surface area contributed by atoms with Crippen LogP contribution >= 0.6 is 0 Å². The molecule has 0 aliphatic carbocycles. The normalized spacial score (nSPS) is 19.2. The van der Waals surface area contributed by atoms with Gasteiger partial charge in [-0.05, 0) is 36.6 Å². The Morgan fingerprint density at radius 1 is 1.19 bits per heavy atom. The van der Waals surface area contributed by atoms with Gasteiger partial charge in [-0.1, -0.05) is 24.3 Å². The number of methoxy groups -OCH3 is 1. The SMILES string of the molecule is COc1cccc2c1N(C(=O)[C@H]1CC(=O)N(c3ccccc3F)C1)CCC2. The van der Waals surface area contributed by atoms with Crippen LogP contribution in [0.4, 0.5) is 15.8 Å². The second-order valence-corrected chi connectivity index (χ2v) is 6.92. The van der Waals surface area contributed by atoms with Crippen LogP contribution in [0.2, 0.25) is 0 Å². The number of fused-ring (bicyclic) bond motifs is 1. The van der Waals surface area contributed by atoms with Crippen LogP contribution in [0, 0.1) is 11.7 Å². The number of hydrogen-bond donors (Lipinski definition) is 0. The lowest BCUT2D eigenvalue weighted by molar-refractivity contribution is -0.124. The third-order valence-electron chi connectivity index (χ3n) is 5.28. The molecular weight excluding hydrogens is 347 g/mol. The molecule has 2 heterocycles. The lowest BCUT2D eigenvalue weighted by atomic mass is 9.98. The highest BCUT2D eigenvalue weighted by Crippen LogP contribution is 2.38. The zero-order valence-electron chi connectivity index (χ0n) is 15.2. The number of halogens is 1. The molecule has 6 heteroatoms. The summed E-state index contributed by atoms with van der Waals surface area (Å²) in [5, 5.41) is 0. The van der Waals surface area contributed by atoms with Crippen LogP contribution in [-0.4, -0.2) is 32.0 Å². The first-order valence-electron chi connectivity index (χ1n) is 9.12. The molecule has 2 aromatic rings. The molecule has 2 amide bonds. The summed E-state index contributed by atoms with van der Waals surface area (Å²) < 4.78 is 19.5. The van der Waals surface area contributed by atoms with Crippen LogP contribution < -0.4 is 14.5 Å². The van der Waals surface area contributed by atoms with Crippen LogP contribution in [0.25, 0.3) is 0 Å². The van der Waals surface area contributed by atoms with Crippen LogP contribution in [0.1, 0.15) is 18.4 Å². The molecule has 1 atom stereocenters. The van der Waals surface area contributed by atoms with Crippen LogP contribution in [0.5, 0.6) is 5.75 Å². The molecule has 0 aromatic heterocycles. The van der Waals surface area contributed by atoms with Crippen molar-refractivity contribution in [3.05, 3.63) is 53.8 Å². The van der Waals surface area contributed by atoms with Crippen molar-refractivity contribution in [3.8, 4) is 5.75 Å². The molecule has 4 rings (SSSR count). The van der Waals surface area contributed by atoms with Crippen LogP contribution in [0.15, 0.2) is 42.5 Å². The molecule has 0 bridgehead atoms. The Kier molecular flexibility index (Phi) is 4.56. The Hall–Kier alpha value is -2.89. The van der Waals surface area contributed by atoms with Crippen molar-refractivity contribution < 1.29 is 18.7 Å². The van der Waals surface area contributed by atoms with E-state index < -0.39 is 11.7 Å². The average Bonchev–Trinajstić information content (AvgIpc) is 3.08. The summed E-state index contributed by atoms with van der Waals surface area (Å²) >= 11 is 0. The smallest absolute Gasteiger partial charge is 0.232 e. The van der Waals surface area contributed by atoms with Gasteiger partial charge in [0.25, 0.3) is 0 Å². The molecule has 0 saturated carbocycles. The number of amides is 2. The number of ether oxygens (including phenoxy) is 1. The standard InChI is InChI=1S/C21H21FN2O3/c1-27-18-10-4-6-14-7-5-11-23(20(14)18)21(26)15-12-19(25)24(13-15)17-9-3-2-8-16(17)22/h2-4,6,8-10,15H,5,7,11-13H2,1H3/t15-/m0/s1. The van der Waals surface area contributed by atoms with Gasteiger partial charge < -0.3 is 14.5 Å². The van der Waals surface area contributed by atoms with Gasteiger partial charge in [-0.3, -0.25) is 9.59 Å². The number of nitrogens with zero attached hydrogens (tertiary/aromatic N) is 2. The fourth-order valence-corrected chi connectivity index (χ4v) is 4.00. The van der Waals surface area contributed by atoms with Crippen molar-refractivity contribution in [1.82, 2.24) is 0 Å². The summed E-state index contributed by atoms with van der Waals surface area (Å²) in [4.78, 5) is 28.8. The van der Waals surface area contributed by atoms with E-state index in [1.807, 2.05) is 18.2 Å². The number of hydrogen-bond acceptors (Lipinski definition) is 3. The average molecular weight is 368 g/mol. The maximum atomic E-state index is 14.1. The fourth-order valence-electron chi connectivity index (χ4n) is 4.00. The first-order chi connectivity index (χ1) is 13.1. The maximum absolute atomic E-state index is 14.1. The predicted molar refractivity (Wildman–Crippen MR) is 101 cm³/mol. The molecule has 5 nitrogen and oxygen atoms in total. The van der Waals surface area contributed by atoms with Gasteiger partial charge in [0.1, 0.15) is 11.6 Å². The van der Waals surface area contributed by atoms with Gasteiger partial charge in [0.15, 0.2) is 0 Å². The summed E-state index contributed by atoms with van der Waals surface area (Å²) in [5.41, 5.74) is 2.10. The van der Waals surface area contributed by atoms with Crippen molar-refractivity contribution in [2.24, 2.45) is 5.92 Å². The minimum atomic E-state index is -0.493. The minimum absolute atomic E-state index is 0.0914. The summed E-state index contributed by atoms with van der Waals surface area (Å²) in [5.74, 6) is -0.615. The van der Waals surface area contributed by atoms with Crippen molar-refractivity contribution in [2.45, 2.75) is 19.3 Å². The zero-order valence-corrected chi connectivity index (χ0v) is 15.2. The molecule has 2 aliphatic rings. The van der Waals surface area contributed by atoms with E-state index in [0.29, 0.717) is 12.3 Å². The first kappa shape index (κ1) is 17.5. The molecule has 140 valence electrons. The Morgan fingerprint density at radius 2 is 2.00 bits per heavy atom. The minimum Gasteiger partial charge on any atom is -0.495 e. The van der Waals surface area contributed by atoms with E-state index in [1.54, 1.807) is 30.2 Å². The van der Waals surface area contributed by atoms with Gasteiger partial charge in [0.05, 0.1) is 24.4 Å². The van der Waals surface area contributed by atoms with E-state index >= 15 is 0 Å². The zero-order chi connectivity index (χ0) is 19.0. The van der Waals surface area contributed by atoms with Gasteiger partial charge in [-0.25, -0.2) is 4.39 Å². The number of aryl methyl sites for hydroxylation is 1. The summed E-state index contributed by atoms with van der Waals surface area (Å²) in [6.07, 6.45) is 1.85. The quantitative estimate of drug-likeness (QED) is 0.836. The van der Waals surface area contributed by atoms with E-state index in [4.69, 9.17) is 4.74 Å². The monoisotopic (exact) mass is 368 g/mol. The van der Waals surface area contributed by atoms with E-state index in [1.165, 1.54) is 11.0 Å². The molecule has 0 radical (unpaired) electrons. The molecule has 1 saturated heterocycles. The third-order valence-corrected chi connectivity index (χ3v) is 5.28. The van der Waals surface area contributed by atoms with E-state index in [0.717, 1.165) is 24.1 Å². The predicted octanol–water partition coefficient (Wildman–Crippen LogP) is 3.17. The number of carbonyl (C=O) groups excluding carboxylic acids is 2. The Bertz CT molecular complexity index is 884. The largest absolute Gasteiger partial charge is 0.495 e. The topological polar surface area (TPSA) is 49.9 Å². The van der Waals surface area contributed by atoms with Gasteiger partial charge >= 0.3 is 0 Å². The molecule has 2 aromatic carbocycles. The summed E-state index contributed by atoms with van der Waals surface area (Å²) in [6, 6.07) is 11.9. The van der Waals surface area contributed by atoms with Crippen molar-refractivity contribution in [2.75, 3.05) is 30.0 Å². The molecular formula is C21H21FN2O3. The van der Waals surface area contributed by atoms with E-state index in [-0.39, 0.29) is 30.5 Å². The van der Waals surface area contributed by atoms with Crippen LogP contribution in [-0.2, 0) is 16.0 Å². The number of anilines is 2. The Balaban J connectivity index is 1.61. The highest BCUT2D eigenvalue weighted by molar-refractivity contribution is 6.05. The number of benzene rings is 2. The summed E-state index contributed by atoms with van der Waals surface area (Å²) in [6.45, 7) is 0.788. The Morgan fingerprint density at radius 3 is 2.78 bits per heavy atom. The molecule has 0 spiro atoms.